The summed E-state index contributed by atoms with van der Waals surface area (Å²) in [6, 6.07) is 15.3. The fourth-order valence-corrected chi connectivity index (χ4v) is 4.71. The number of nitrogens with one attached hydrogen (secondary N) is 1. The van der Waals surface area contributed by atoms with Crippen LogP contribution in [0, 0.1) is 0 Å². The number of nitrogens with zero attached hydrogens (tertiary/aromatic N) is 1. The maximum absolute atomic E-state index is 12.4. The Balaban J connectivity index is 2.03. The highest BCUT2D eigenvalue weighted by molar-refractivity contribution is 7.92. The van der Waals surface area contributed by atoms with E-state index in [0.29, 0.717) is 18.7 Å². The first-order valence-corrected chi connectivity index (χ1v) is 11.6. The number of hydrogen-bond acceptors (Lipinski definition) is 4. The van der Waals surface area contributed by atoms with Crippen molar-refractivity contribution in [2.75, 3.05) is 13.1 Å². The van der Waals surface area contributed by atoms with Crippen molar-refractivity contribution < 1.29 is 16.8 Å². The van der Waals surface area contributed by atoms with E-state index in [-0.39, 0.29) is 11.4 Å². The first kappa shape index (κ1) is 21.3. The summed E-state index contributed by atoms with van der Waals surface area (Å²) in [5.41, 5.74) is 1.46. The molecule has 2 aromatic carbocycles. The van der Waals surface area contributed by atoms with Gasteiger partial charge in [0.1, 0.15) is 0 Å². The summed E-state index contributed by atoms with van der Waals surface area (Å²) in [7, 11) is -7.11. The summed E-state index contributed by atoms with van der Waals surface area (Å²) in [6.45, 7) is 4.44. The summed E-state index contributed by atoms with van der Waals surface area (Å²) in [6.07, 6.45) is 1.52. The smallest absolute Gasteiger partial charge is 0.208 e. The van der Waals surface area contributed by atoms with Crippen LogP contribution in [0.2, 0.25) is 0 Å². The van der Waals surface area contributed by atoms with Crippen molar-refractivity contribution in [3.8, 4) is 0 Å². The van der Waals surface area contributed by atoms with Gasteiger partial charge in [-0.2, -0.15) is 4.31 Å². The zero-order valence-electron chi connectivity index (χ0n) is 15.4. The highest BCUT2D eigenvalue weighted by Crippen LogP contribution is 2.16. The zero-order chi connectivity index (χ0) is 19.9. The van der Waals surface area contributed by atoms with Crippen molar-refractivity contribution >= 4 is 26.1 Å². The molecule has 0 aliphatic carbocycles. The lowest BCUT2D eigenvalue weighted by Gasteiger charge is -2.18. The van der Waals surface area contributed by atoms with Crippen LogP contribution in [0.5, 0.6) is 0 Å². The third-order valence-corrected chi connectivity index (χ3v) is 7.09. The Hall–Kier alpha value is -2.00. The fourth-order valence-electron chi connectivity index (χ4n) is 2.46. The molecule has 0 amide bonds. The molecule has 0 saturated carbocycles. The second kappa shape index (κ2) is 9.27. The first-order valence-electron chi connectivity index (χ1n) is 8.60. The van der Waals surface area contributed by atoms with E-state index in [0.717, 1.165) is 11.0 Å². The van der Waals surface area contributed by atoms with E-state index in [4.69, 9.17) is 0 Å². The van der Waals surface area contributed by atoms with Gasteiger partial charge in [-0.05, 0) is 29.3 Å². The van der Waals surface area contributed by atoms with Crippen LogP contribution in [-0.4, -0.2) is 34.2 Å². The van der Waals surface area contributed by atoms with Gasteiger partial charge >= 0.3 is 0 Å². The lowest BCUT2D eigenvalue weighted by molar-refractivity contribution is 0.445. The van der Waals surface area contributed by atoms with Crippen LogP contribution >= 0.6 is 0 Å². The Kier molecular flexibility index (Phi) is 7.32. The van der Waals surface area contributed by atoms with Crippen molar-refractivity contribution in [3.63, 3.8) is 0 Å². The maximum atomic E-state index is 12.4. The molecule has 0 heterocycles. The fraction of sp³-hybridized carbons (Fsp3) is 0.263. The third kappa shape index (κ3) is 6.00. The van der Waals surface area contributed by atoms with E-state index in [1.54, 1.807) is 38.1 Å². The van der Waals surface area contributed by atoms with Crippen molar-refractivity contribution in [1.82, 2.24) is 9.03 Å². The minimum atomic E-state index is -3.59. The van der Waals surface area contributed by atoms with E-state index < -0.39 is 20.0 Å². The molecule has 6 nitrogen and oxygen atoms in total. The Labute approximate surface area is 161 Å². The van der Waals surface area contributed by atoms with Gasteiger partial charge in [-0.25, -0.2) is 21.6 Å². The van der Waals surface area contributed by atoms with Crippen molar-refractivity contribution in [3.05, 3.63) is 71.1 Å². The van der Waals surface area contributed by atoms with Gasteiger partial charge in [0.05, 0.1) is 4.90 Å². The second-order valence-electron chi connectivity index (χ2n) is 5.81. The standard InChI is InChI=1S/C19H24N2O4S2/c1-3-21(4-2)27(24,25)19-12-10-18(11-13-19)16-20-26(22,23)15-14-17-8-6-5-7-9-17/h5-15,20H,3-4,16H2,1-2H3/b15-14+. The van der Waals surface area contributed by atoms with Gasteiger partial charge in [-0.3, -0.25) is 0 Å². The molecule has 27 heavy (non-hydrogen) atoms. The summed E-state index contributed by atoms with van der Waals surface area (Å²) in [5.74, 6) is 0. The SMILES string of the molecule is CCN(CC)S(=O)(=O)c1ccc(CNS(=O)(=O)/C=C/c2ccccc2)cc1. The molecule has 2 rings (SSSR count). The van der Waals surface area contributed by atoms with Gasteiger partial charge in [-0.1, -0.05) is 56.3 Å². The highest BCUT2D eigenvalue weighted by Gasteiger charge is 2.21. The van der Waals surface area contributed by atoms with Crippen LogP contribution in [0.25, 0.3) is 6.08 Å². The molecule has 0 saturated heterocycles. The molecule has 0 bridgehead atoms. The second-order valence-corrected chi connectivity index (χ2v) is 9.40. The first-order chi connectivity index (χ1) is 12.8. The Morgan fingerprint density at radius 3 is 2.04 bits per heavy atom. The van der Waals surface area contributed by atoms with Gasteiger partial charge in [0.2, 0.25) is 20.0 Å². The predicted molar refractivity (Wildman–Crippen MR) is 108 cm³/mol. The minimum Gasteiger partial charge on any atom is -0.208 e. The molecule has 0 atom stereocenters. The van der Waals surface area contributed by atoms with Crippen LogP contribution in [0.1, 0.15) is 25.0 Å². The minimum absolute atomic E-state index is 0.0764. The molecule has 1 N–H and O–H groups in total. The lowest BCUT2D eigenvalue weighted by Crippen LogP contribution is -2.30. The Morgan fingerprint density at radius 2 is 1.48 bits per heavy atom. The topological polar surface area (TPSA) is 83.6 Å². The van der Waals surface area contributed by atoms with E-state index in [1.165, 1.54) is 22.5 Å². The molecule has 0 fully saturated rings. The van der Waals surface area contributed by atoms with Crippen LogP contribution in [0.3, 0.4) is 0 Å². The van der Waals surface area contributed by atoms with E-state index >= 15 is 0 Å². The van der Waals surface area contributed by atoms with E-state index in [1.807, 2.05) is 18.2 Å². The largest absolute Gasteiger partial charge is 0.243 e. The molecule has 0 aliphatic heterocycles. The molecule has 0 aromatic heterocycles. The van der Waals surface area contributed by atoms with Crippen molar-refractivity contribution in [2.24, 2.45) is 0 Å². The molecule has 0 unspecified atom stereocenters. The van der Waals surface area contributed by atoms with Gasteiger partial charge in [0, 0.05) is 25.0 Å². The molecular weight excluding hydrogens is 384 g/mol. The van der Waals surface area contributed by atoms with Crippen LogP contribution in [0.15, 0.2) is 64.9 Å². The van der Waals surface area contributed by atoms with Gasteiger partial charge in [0.15, 0.2) is 0 Å². The molecule has 0 spiro atoms. The summed E-state index contributed by atoms with van der Waals surface area (Å²) in [4.78, 5) is 0.196. The van der Waals surface area contributed by atoms with Gasteiger partial charge < -0.3 is 0 Å². The number of benzene rings is 2. The van der Waals surface area contributed by atoms with E-state index in [9.17, 15) is 16.8 Å². The lowest BCUT2D eigenvalue weighted by atomic mass is 10.2. The average molecular weight is 409 g/mol. The molecule has 146 valence electrons. The molecule has 0 aliphatic rings. The summed E-state index contributed by atoms with van der Waals surface area (Å²) >= 11 is 0. The van der Waals surface area contributed by atoms with Crippen molar-refractivity contribution in [1.29, 1.82) is 0 Å². The molecular formula is C19H24N2O4S2. The number of rotatable bonds is 9. The van der Waals surface area contributed by atoms with Crippen LogP contribution in [0.4, 0.5) is 0 Å². The van der Waals surface area contributed by atoms with Crippen LogP contribution < -0.4 is 4.72 Å². The van der Waals surface area contributed by atoms with Crippen molar-refractivity contribution in [2.45, 2.75) is 25.3 Å². The average Bonchev–Trinajstić information content (AvgIpc) is 2.67. The third-order valence-electron chi connectivity index (χ3n) is 3.98. The quantitative estimate of drug-likeness (QED) is 0.692. The normalized spacial score (nSPS) is 12.7. The van der Waals surface area contributed by atoms with Gasteiger partial charge in [0.25, 0.3) is 0 Å². The van der Waals surface area contributed by atoms with E-state index in [2.05, 4.69) is 4.72 Å². The Bertz CT molecular complexity index is 964. The molecule has 8 heteroatoms. The zero-order valence-corrected chi connectivity index (χ0v) is 17.0. The predicted octanol–water partition coefficient (Wildman–Crippen LogP) is 2.81. The number of sulfonamides is 2. The number of hydrogen-bond donors (Lipinski definition) is 1. The maximum Gasteiger partial charge on any atom is 0.243 e. The monoisotopic (exact) mass is 408 g/mol. The Morgan fingerprint density at radius 1 is 0.889 bits per heavy atom. The molecule has 0 radical (unpaired) electrons. The highest BCUT2D eigenvalue weighted by atomic mass is 32.2. The summed E-state index contributed by atoms with van der Waals surface area (Å²) < 4.78 is 52.9. The summed E-state index contributed by atoms with van der Waals surface area (Å²) in [5, 5.41) is 1.11. The molecule has 2 aromatic rings. The van der Waals surface area contributed by atoms with Gasteiger partial charge in [-0.15, -0.1) is 0 Å². The van der Waals surface area contributed by atoms with Crippen LogP contribution in [-0.2, 0) is 26.6 Å².